The van der Waals surface area contributed by atoms with Crippen molar-refractivity contribution in [2.24, 2.45) is 0 Å². The normalized spacial score (nSPS) is 14.5. The van der Waals surface area contributed by atoms with Crippen molar-refractivity contribution in [3.05, 3.63) is 54.0 Å². The summed E-state index contributed by atoms with van der Waals surface area (Å²) in [4.78, 5) is 4.04. The van der Waals surface area contributed by atoms with Crippen LogP contribution in [0.15, 0.2) is 41.1 Å². The van der Waals surface area contributed by atoms with Crippen molar-refractivity contribution in [3.63, 3.8) is 0 Å². The number of pyridine rings is 1. The van der Waals surface area contributed by atoms with E-state index in [2.05, 4.69) is 10.3 Å². The number of hydrogen-bond donors (Lipinski definition) is 1. The summed E-state index contributed by atoms with van der Waals surface area (Å²) in [7, 11) is 0. The first-order valence-electron chi connectivity index (χ1n) is 5.57. The highest BCUT2D eigenvalue weighted by molar-refractivity contribution is 5.11. The fourth-order valence-corrected chi connectivity index (χ4v) is 1.72. The van der Waals surface area contributed by atoms with Gasteiger partial charge in [-0.05, 0) is 38.1 Å². The van der Waals surface area contributed by atoms with Gasteiger partial charge in [-0.25, -0.2) is 4.39 Å². The van der Waals surface area contributed by atoms with E-state index in [0.717, 1.165) is 11.5 Å². The minimum Gasteiger partial charge on any atom is -0.468 e. The lowest BCUT2D eigenvalue weighted by Crippen LogP contribution is -2.22. The molecule has 2 rings (SSSR count). The lowest BCUT2D eigenvalue weighted by Gasteiger charge is -2.17. The van der Waals surface area contributed by atoms with Crippen molar-refractivity contribution in [2.75, 3.05) is 0 Å². The number of hydrogen-bond acceptors (Lipinski definition) is 3. The lowest BCUT2D eigenvalue weighted by molar-refractivity contribution is 0.399. The summed E-state index contributed by atoms with van der Waals surface area (Å²) >= 11 is 0. The third kappa shape index (κ3) is 2.91. The Morgan fingerprint density at radius 3 is 2.65 bits per heavy atom. The van der Waals surface area contributed by atoms with E-state index >= 15 is 0 Å². The molecule has 2 heterocycles. The Kier molecular flexibility index (Phi) is 3.54. The van der Waals surface area contributed by atoms with Gasteiger partial charge in [-0.2, -0.15) is 0 Å². The van der Waals surface area contributed by atoms with Crippen molar-refractivity contribution in [1.29, 1.82) is 0 Å². The molecule has 0 aliphatic heterocycles. The molecular formula is C13H15FN2O. The summed E-state index contributed by atoms with van der Waals surface area (Å²) in [6.07, 6.45) is 2.87. The van der Waals surface area contributed by atoms with Crippen LogP contribution in [0.4, 0.5) is 4.39 Å². The van der Waals surface area contributed by atoms with Gasteiger partial charge in [0.25, 0.3) is 0 Å². The van der Waals surface area contributed by atoms with Gasteiger partial charge in [-0.15, -0.1) is 0 Å². The monoisotopic (exact) mass is 234 g/mol. The molecule has 17 heavy (non-hydrogen) atoms. The maximum Gasteiger partial charge on any atom is 0.141 e. The third-order valence-electron chi connectivity index (χ3n) is 2.66. The molecule has 0 saturated carbocycles. The summed E-state index contributed by atoms with van der Waals surface area (Å²) in [5, 5.41) is 3.34. The molecule has 0 saturated heterocycles. The highest BCUT2D eigenvalue weighted by Gasteiger charge is 2.13. The average molecular weight is 234 g/mol. The molecule has 2 aromatic rings. The standard InChI is InChI=1S/C13H15FN2O/c1-9(12-6-5-11(14)8-15-12)16-10(2)13-4-3-7-17-13/h3-10,16H,1-2H3/t9?,10-/m1/s1. The van der Waals surface area contributed by atoms with E-state index in [1.54, 1.807) is 12.3 Å². The van der Waals surface area contributed by atoms with E-state index in [1.807, 2.05) is 26.0 Å². The zero-order valence-corrected chi connectivity index (χ0v) is 9.85. The number of aromatic nitrogens is 1. The van der Waals surface area contributed by atoms with Crippen molar-refractivity contribution in [1.82, 2.24) is 10.3 Å². The average Bonchev–Trinajstić information content (AvgIpc) is 2.83. The number of furan rings is 1. The summed E-state index contributed by atoms with van der Waals surface area (Å²) in [5.74, 6) is 0.555. The number of rotatable bonds is 4. The van der Waals surface area contributed by atoms with E-state index in [-0.39, 0.29) is 17.9 Å². The van der Waals surface area contributed by atoms with Crippen LogP contribution in [-0.4, -0.2) is 4.98 Å². The second-order valence-electron chi connectivity index (χ2n) is 4.03. The van der Waals surface area contributed by atoms with E-state index < -0.39 is 0 Å². The summed E-state index contributed by atoms with van der Waals surface area (Å²) in [6, 6.07) is 7.00. The molecule has 0 aromatic carbocycles. The summed E-state index contributed by atoms with van der Waals surface area (Å²) in [6.45, 7) is 4.00. The maximum absolute atomic E-state index is 12.7. The van der Waals surface area contributed by atoms with E-state index in [9.17, 15) is 4.39 Å². The van der Waals surface area contributed by atoms with Gasteiger partial charge in [-0.1, -0.05) is 0 Å². The van der Waals surface area contributed by atoms with Crippen LogP contribution in [0, 0.1) is 5.82 Å². The van der Waals surface area contributed by atoms with Crippen LogP contribution in [0.3, 0.4) is 0 Å². The minimum atomic E-state index is -0.319. The number of nitrogens with one attached hydrogen (secondary N) is 1. The Labute approximate surface area is 99.7 Å². The fraction of sp³-hybridized carbons (Fsp3) is 0.308. The fourth-order valence-electron chi connectivity index (χ4n) is 1.72. The maximum atomic E-state index is 12.7. The van der Waals surface area contributed by atoms with Crippen LogP contribution < -0.4 is 5.32 Å². The predicted octanol–water partition coefficient (Wildman–Crippen LogP) is 3.23. The second-order valence-corrected chi connectivity index (χ2v) is 4.03. The van der Waals surface area contributed by atoms with Gasteiger partial charge in [0, 0.05) is 6.04 Å². The molecule has 0 spiro atoms. The number of halogens is 1. The molecule has 1 N–H and O–H groups in total. The smallest absolute Gasteiger partial charge is 0.141 e. The second kappa shape index (κ2) is 5.10. The first-order chi connectivity index (χ1) is 8.16. The van der Waals surface area contributed by atoms with Crippen molar-refractivity contribution in [3.8, 4) is 0 Å². The van der Waals surface area contributed by atoms with Crippen LogP contribution in [0.1, 0.15) is 37.4 Å². The predicted molar refractivity (Wildman–Crippen MR) is 62.9 cm³/mol. The van der Waals surface area contributed by atoms with Crippen LogP contribution in [0.2, 0.25) is 0 Å². The Hall–Kier alpha value is -1.68. The van der Waals surface area contributed by atoms with Crippen LogP contribution in [-0.2, 0) is 0 Å². The summed E-state index contributed by atoms with van der Waals surface area (Å²) in [5.41, 5.74) is 0.810. The van der Waals surface area contributed by atoms with Crippen molar-refractivity contribution >= 4 is 0 Å². The molecule has 0 aliphatic carbocycles. The first-order valence-corrected chi connectivity index (χ1v) is 5.57. The van der Waals surface area contributed by atoms with Crippen LogP contribution in [0.25, 0.3) is 0 Å². The van der Waals surface area contributed by atoms with Gasteiger partial charge in [-0.3, -0.25) is 10.3 Å². The molecule has 0 amide bonds. The van der Waals surface area contributed by atoms with Gasteiger partial charge in [0.05, 0.1) is 24.2 Å². The zero-order valence-electron chi connectivity index (χ0n) is 9.85. The topological polar surface area (TPSA) is 38.1 Å². The molecule has 4 heteroatoms. The largest absolute Gasteiger partial charge is 0.468 e. The molecule has 3 nitrogen and oxygen atoms in total. The van der Waals surface area contributed by atoms with Crippen molar-refractivity contribution in [2.45, 2.75) is 25.9 Å². The van der Waals surface area contributed by atoms with Crippen LogP contribution >= 0.6 is 0 Å². The van der Waals surface area contributed by atoms with E-state index in [0.29, 0.717) is 0 Å². The Balaban J connectivity index is 2.01. The minimum absolute atomic E-state index is 0.0377. The number of nitrogens with zero attached hydrogens (tertiary/aromatic N) is 1. The van der Waals surface area contributed by atoms with Gasteiger partial charge in [0.15, 0.2) is 0 Å². The molecule has 2 atom stereocenters. The molecule has 2 aromatic heterocycles. The van der Waals surface area contributed by atoms with Gasteiger partial charge in [0.2, 0.25) is 0 Å². The summed E-state index contributed by atoms with van der Waals surface area (Å²) < 4.78 is 18.0. The SMILES string of the molecule is CC(N[C@H](C)c1ccco1)c1ccc(F)cn1. The Bertz CT molecular complexity index is 453. The van der Waals surface area contributed by atoms with Crippen LogP contribution in [0.5, 0.6) is 0 Å². The highest BCUT2D eigenvalue weighted by Crippen LogP contribution is 2.18. The molecule has 0 radical (unpaired) electrons. The van der Waals surface area contributed by atoms with Gasteiger partial charge >= 0.3 is 0 Å². The van der Waals surface area contributed by atoms with E-state index in [4.69, 9.17) is 4.42 Å². The van der Waals surface area contributed by atoms with Gasteiger partial charge in [0.1, 0.15) is 11.6 Å². The Morgan fingerprint density at radius 1 is 1.24 bits per heavy atom. The lowest BCUT2D eigenvalue weighted by atomic mass is 10.1. The molecule has 1 unspecified atom stereocenters. The Morgan fingerprint density at radius 2 is 2.06 bits per heavy atom. The quantitative estimate of drug-likeness (QED) is 0.882. The molecular weight excluding hydrogens is 219 g/mol. The first kappa shape index (κ1) is 11.8. The molecule has 90 valence electrons. The van der Waals surface area contributed by atoms with E-state index in [1.165, 1.54) is 12.3 Å². The molecule has 0 aliphatic rings. The molecule has 0 fully saturated rings. The molecule has 0 bridgehead atoms. The van der Waals surface area contributed by atoms with Crippen molar-refractivity contribution < 1.29 is 8.81 Å². The van der Waals surface area contributed by atoms with Gasteiger partial charge < -0.3 is 4.42 Å². The zero-order chi connectivity index (χ0) is 12.3. The third-order valence-corrected chi connectivity index (χ3v) is 2.66. The highest BCUT2D eigenvalue weighted by atomic mass is 19.1.